The molecule has 1 saturated heterocycles. The predicted molar refractivity (Wildman–Crippen MR) is 68.2 cm³/mol. The van der Waals surface area contributed by atoms with Crippen LogP contribution in [-0.2, 0) is 11.2 Å². The molecular weight excluding hydrogens is 246 g/mol. The predicted octanol–water partition coefficient (Wildman–Crippen LogP) is 1.51. The van der Waals surface area contributed by atoms with Gasteiger partial charge in [0.1, 0.15) is 0 Å². The summed E-state index contributed by atoms with van der Waals surface area (Å²) in [5.74, 6) is -0.118. The van der Waals surface area contributed by atoms with Crippen LogP contribution in [0.3, 0.4) is 0 Å². The van der Waals surface area contributed by atoms with Gasteiger partial charge in [-0.2, -0.15) is 0 Å². The molecule has 2 atom stereocenters. The SMILES string of the molecule is [N-]=[N+]=NC(=O)NC1CC(=O)NC1Cc1ccccc1. The lowest BCUT2D eigenvalue weighted by Crippen LogP contribution is -2.43. The normalized spacial score (nSPS) is 21.4. The van der Waals surface area contributed by atoms with Crippen LogP contribution in [0.25, 0.3) is 10.4 Å². The van der Waals surface area contributed by atoms with Crippen LogP contribution >= 0.6 is 0 Å². The van der Waals surface area contributed by atoms with Gasteiger partial charge in [-0.25, -0.2) is 0 Å². The van der Waals surface area contributed by atoms with Crippen LogP contribution in [-0.4, -0.2) is 24.0 Å². The summed E-state index contributed by atoms with van der Waals surface area (Å²) in [4.78, 5) is 25.1. The monoisotopic (exact) mass is 259 g/mol. The summed E-state index contributed by atoms with van der Waals surface area (Å²) in [5, 5.41) is 8.30. The zero-order chi connectivity index (χ0) is 13.7. The first-order valence-corrected chi connectivity index (χ1v) is 5.88. The van der Waals surface area contributed by atoms with E-state index < -0.39 is 6.03 Å². The Morgan fingerprint density at radius 3 is 2.89 bits per heavy atom. The topological polar surface area (TPSA) is 107 Å². The summed E-state index contributed by atoms with van der Waals surface area (Å²) in [6, 6.07) is 8.35. The van der Waals surface area contributed by atoms with Crippen LogP contribution in [0.5, 0.6) is 0 Å². The second-order valence-electron chi connectivity index (χ2n) is 4.31. The standard InChI is InChI=1S/C12H13N5O2/c13-17-16-12(19)15-10-7-11(18)14-9(10)6-8-4-2-1-3-5-8/h1-5,9-10H,6-7H2,(H,14,18)(H,15,19). The highest BCUT2D eigenvalue weighted by Gasteiger charge is 2.33. The Morgan fingerprint density at radius 1 is 1.47 bits per heavy atom. The smallest absolute Gasteiger partial charge is 0.308 e. The molecule has 98 valence electrons. The molecule has 2 unspecified atom stereocenters. The van der Waals surface area contributed by atoms with E-state index in [1.165, 1.54) is 0 Å². The van der Waals surface area contributed by atoms with Crippen LogP contribution in [0.2, 0.25) is 0 Å². The van der Waals surface area contributed by atoms with Crippen molar-refractivity contribution in [3.63, 3.8) is 0 Å². The summed E-state index contributed by atoms with van der Waals surface area (Å²) in [6.45, 7) is 0. The van der Waals surface area contributed by atoms with Gasteiger partial charge in [-0.3, -0.25) is 9.59 Å². The Bertz CT molecular complexity index is 524. The largest absolute Gasteiger partial charge is 0.351 e. The second kappa shape index (κ2) is 5.88. The molecule has 3 amide bonds. The van der Waals surface area contributed by atoms with E-state index in [-0.39, 0.29) is 24.4 Å². The fourth-order valence-corrected chi connectivity index (χ4v) is 2.15. The first kappa shape index (κ1) is 12.9. The number of azide groups is 1. The van der Waals surface area contributed by atoms with Gasteiger partial charge in [-0.05, 0) is 17.5 Å². The van der Waals surface area contributed by atoms with E-state index in [2.05, 4.69) is 20.7 Å². The van der Waals surface area contributed by atoms with E-state index in [9.17, 15) is 9.59 Å². The van der Waals surface area contributed by atoms with Gasteiger partial charge in [0.25, 0.3) is 0 Å². The van der Waals surface area contributed by atoms with Crippen LogP contribution < -0.4 is 10.6 Å². The highest BCUT2D eigenvalue weighted by molar-refractivity contribution is 5.82. The molecule has 0 aromatic heterocycles. The molecule has 1 heterocycles. The third kappa shape index (κ3) is 3.46. The Morgan fingerprint density at radius 2 is 2.21 bits per heavy atom. The maximum Gasteiger partial charge on any atom is 0.308 e. The number of carbonyl (C=O) groups excluding carboxylic acids is 2. The lowest BCUT2D eigenvalue weighted by Gasteiger charge is -2.19. The highest BCUT2D eigenvalue weighted by Crippen LogP contribution is 2.14. The number of urea groups is 1. The molecule has 0 saturated carbocycles. The first-order valence-electron chi connectivity index (χ1n) is 5.88. The number of hydrogen-bond donors (Lipinski definition) is 2. The van der Waals surface area contributed by atoms with E-state index in [1.54, 1.807) is 0 Å². The average Bonchev–Trinajstić information content (AvgIpc) is 2.71. The molecular formula is C12H13N5O2. The molecule has 1 aromatic carbocycles. The Kier molecular flexibility index (Phi) is 4.00. The number of benzene rings is 1. The van der Waals surface area contributed by atoms with Gasteiger partial charge < -0.3 is 10.6 Å². The molecule has 1 aliphatic heterocycles. The molecule has 0 spiro atoms. The molecule has 2 N–H and O–H groups in total. The minimum Gasteiger partial charge on any atom is -0.351 e. The average molecular weight is 259 g/mol. The van der Waals surface area contributed by atoms with Crippen molar-refractivity contribution in [3.05, 3.63) is 46.3 Å². The minimum atomic E-state index is -0.762. The quantitative estimate of drug-likeness (QED) is 0.487. The fourth-order valence-electron chi connectivity index (χ4n) is 2.15. The maximum absolute atomic E-state index is 11.4. The summed E-state index contributed by atoms with van der Waals surface area (Å²) in [6.07, 6.45) is 0.817. The van der Waals surface area contributed by atoms with Crippen molar-refractivity contribution >= 4 is 11.9 Å². The van der Waals surface area contributed by atoms with Gasteiger partial charge in [-0.15, -0.1) is 0 Å². The molecule has 1 aromatic rings. The zero-order valence-corrected chi connectivity index (χ0v) is 10.1. The molecule has 2 rings (SSSR count). The molecule has 7 nitrogen and oxygen atoms in total. The molecule has 1 fully saturated rings. The van der Waals surface area contributed by atoms with Gasteiger partial charge in [0, 0.05) is 16.4 Å². The summed E-state index contributed by atoms with van der Waals surface area (Å²) in [5.41, 5.74) is 9.25. The molecule has 19 heavy (non-hydrogen) atoms. The maximum atomic E-state index is 11.4. The number of rotatable bonds is 3. The molecule has 0 aliphatic carbocycles. The van der Waals surface area contributed by atoms with Crippen molar-refractivity contribution in [1.82, 2.24) is 10.6 Å². The van der Waals surface area contributed by atoms with Gasteiger partial charge in [0.05, 0.1) is 12.1 Å². The van der Waals surface area contributed by atoms with Crippen LogP contribution in [0, 0.1) is 0 Å². The summed E-state index contributed by atoms with van der Waals surface area (Å²) >= 11 is 0. The highest BCUT2D eigenvalue weighted by atomic mass is 16.2. The van der Waals surface area contributed by atoms with Gasteiger partial charge in [0.2, 0.25) is 5.91 Å². The third-order valence-corrected chi connectivity index (χ3v) is 2.98. The number of nitrogens with zero attached hydrogens (tertiary/aromatic N) is 3. The minimum absolute atomic E-state index is 0.118. The van der Waals surface area contributed by atoms with Crippen molar-refractivity contribution in [2.75, 3.05) is 0 Å². The van der Waals surface area contributed by atoms with Crippen molar-refractivity contribution in [2.45, 2.75) is 24.9 Å². The van der Waals surface area contributed by atoms with E-state index in [0.29, 0.717) is 6.42 Å². The molecule has 0 bridgehead atoms. The van der Waals surface area contributed by atoms with Gasteiger partial charge >= 0.3 is 6.03 Å². The summed E-state index contributed by atoms with van der Waals surface area (Å²) < 4.78 is 0. The Hall–Kier alpha value is -2.53. The lowest BCUT2D eigenvalue weighted by atomic mass is 10.0. The van der Waals surface area contributed by atoms with Gasteiger partial charge in [-0.1, -0.05) is 30.3 Å². The third-order valence-electron chi connectivity index (χ3n) is 2.98. The molecule has 7 heteroatoms. The second-order valence-corrected chi connectivity index (χ2v) is 4.31. The number of nitrogens with one attached hydrogen (secondary N) is 2. The van der Waals surface area contributed by atoms with E-state index in [1.807, 2.05) is 30.3 Å². The number of carbonyl (C=O) groups is 2. The number of hydrogen-bond acceptors (Lipinski definition) is 2. The van der Waals surface area contributed by atoms with Crippen LogP contribution in [0.1, 0.15) is 12.0 Å². The molecule has 0 radical (unpaired) electrons. The van der Waals surface area contributed by atoms with Crippen molar-refractivity contribution in [2.24, 2.45) is 5.11 Å². The first-order chi connectivity index (χ1) is 9.19. The number of amides is 3. The fraction of sp³-hybridized carbons (Fsp3) is 0.333. The Labute approximate surface area is 109 Å². The van der Waals surface area contributed by atoms with Gasteiger partial charge in [0.15, 0.2) is 0 Å². The van der Waals surface area contributed by atoms with Crippen LogP contribution in [0.4, 0.5) is 4.79 Å². The Balaban J connectivity index is 2.03. The molecule has 1 aliphatic rings. The lowest BCUT2D eigenvalue weighted by molar-refractivity contribution is -0.119. The van der Waals surface area contributed by atoms with Crippen molar-refractivity contribution < 1.29 is 9.59 Å². The summed E-state index contributed by atoms with van der Waals surface area (Å²) in [7, 11) is 0. The van der Waals surface area contributed by atoms with E-state index in [4.69, 9.17) is 5.53 Å². The van der Waals surface area contributed by atoms with E-state index >= 15 is 0 Å². The van der Waals surface area contributed by atoms with Crippen LogP contribution in [0.15, 0.2) is 35.4 Å². The van der Waals surface area contributed by atoms with Crippen molar-refractivity contribution in [1.29, 1.82) is 0 Å². The van der Waals surface area contributed by atoms with Crippen molar-refractivity contribution in [3.8, 4) is 0 Å². The zero-order valence-electron chi connectivity index (χ0n) is 10.1. The van der Waals surface area contributed by atoms with E-state index in [0.717, 1.165) is 5.56 Å².